The maximum Gasteiger partial charge on any atom is 0.320 e. The van der Waals surface area contributed by atoms with Crippen molar-refractivity contribution in [3.8, 4) is 0 Å². The zero-order valence-corrected chi connectivity index (χ0v) is 15.4. The first-order chi connectivity index (χ1) is 9.92. The Kier molecular flexibility index (Phi) is 11.4. The number of ether oxygens (including phenoxy) is 2. The Balaban J connectivity index is 4.79. The maximum absolute atomic E-state index is 12.0. The van der Waals surface area contributed by atoms with Crippen molar-refractivity contribution in [3.05, 3.63) is 0 Å². The first-order valence-corrected chi connectivity index (χ1v) is 10.8. The molecule has 1 atom stereocenters. The van der Waals surface area contributed by atoms with Gasteiger partial charge in [0.1, 0.15) is 5.25 Å². The minimum absolute atomic E-state index is 0.113. The first kappa shape index (κ1) is 20.9. The Morgan fingerprint density at radius 3 is 2.10 bits per heavy atom. The summed E-state index contributed by atoms with van der Waals surface area (Å²) in [5, 5.41) is -0.786. The molecule has 1 unspecified atom stereocenters. The van der Waals surface area contributed by atoms with Crippen molar-refractivity contribution in [2.45, 2.75) is 38.4 Å². The molecular formula is C12H23O6PS2. The van der Waals surface area contributed by atoms with Gasteiger partial charge in [0.15, 0.2) is 0 Å². The maximum atomic E-state index is 12.0. The minimum Gasteiger partial charge on any atom is -0.466 e. The molecule has 0 spiro atoms. The Morgan fingerprint density at radius 1 is 1.10 bits per heavy atom. The molecule has 0 saturated carbocycles. The van der Waals surface area contributed by atoms with E-state index in [4.69, 9.17) is 30.3 Å². The molecule has 0 heterocycles. The van der Waals surface area contributed by atoms with Gasteiger partial charge < -0.3 is 18.5 Å². The van der Waals surface area contributed by atoms with Crippen LogP contribution in [0.4, 0.5) is 0 Å². The van der Waals surface area contributed by atoms with Crippen molar-refractivity contribution in [2.24, 2.45) is 0 Å². The Labute approximate surface area is 135 Å². The van der Waals surface area contributed by atoms with Gasteiger partial charge in [0, 0.05) is 14.2 Å². The number of rotatable bonds is 11. The fraction of sp³-hybridized carbons (Fsp3) is 0.833. The molecule has 0 rings (SSSR count). The zero-order chi connectivity index (χ0) is 16.3. The summed E-state index contributed by atoms with van der Waals surface area (Å²) in [4.78, 5) is 23.7. The highest BCUT2D eigenvalue weighted by Gasteiger charge is 2.32. The summed E-state index contributed by atoms with van der Waals surface area (Å²) < 4.78 is 20.4. The topological polar surface area (TPSA) is 71.1 Å². The molecule has 9 heteroatoms. The van der Waals surface area contributed by atoms with Crippen LogP contribution < -0.4 is 0 Å². The van der Waals surface area contributed by atoms with E-state index in [0.29, 0.717) is 19.6 Å². The average molecular weight is 358 g/mol. The third kappa shape index (κ3) is 8.78. The normalized spacial score (nSPS) is 12.8. The minimum atomic E-state index is -2.66. The molecule has 0 aliphatic carbocycles. The molecule has 0 fully saturated rings. The van der Waals surface area contributed by atoms with Crippen molar-refractivity contribution in [1.29, 1.82) is 0 Å². The van der Waals surface area contributed by atoms with Crippen LogP contribution in [0.1, 0.15) is 33.1 Å². The van der Waals surface area contributed by atoms with Gasteiger partial charge in [-0.05, 0) is 24.6 Å². The lowest BCUT2D eigenvalue weighted by atomic mass is 10.3. The van der Waals surface area contributed by atoms with Crippen LogP contribution in [-0.2, 0) is 39.9 Å². The number of carbonyl (C=O) groups excluding carboxylic acids is 2. The van der Waals surface area contributed by atoms with Crippen molar-refractivity contribution >= 4 is 40.8 Å². The summed E-state index contributed by atoms with van der Waals surface area (Å²) in [6.45, 7) is 4.40. The van der Waals surface area contributed by atoms with Crippen molar-refractivity contribution in [2.75, 3.05) is 27.4 Å². The standard InChI is InChI=1S/C12H23O6PS2/c1-5-7-17-11(13)9-10(12(14)18-8-6-2)21-19(20,15-3)16-4/h10H,5-9H2,1-4H3. The molecule has 0 aliphatic rings. The summed E-state index contributed by atoms with van der Waals surface area (Å²) in [5.41, 5.74) is -2.66. The predicted octanol–water partition coefficient (Wildman–Crippen LogP) is 2.90. The van der Waals surface area contributed by atoms with Gasteiger partial charge in [-0.3, -0.25) is 9.59 Å². The molecule has 0 bridgehead atoms. The summed E-state index contributed by atoms with van der Waals surface area (Å²) in [7, 11) is 2.84. The van der Waals surface area contributed by atoms with E-state index in [9.17, 15) is 9.59 Å². The summed E-state index contributed by atoms with van der Waals surface area (Å²) in [6, 6.07) is 0. The fourth-order valence-electron chi connectivity index (χ4n) is 1.20. The number of hydrogen-bond acceptors (Lipinski definition) is 8. The molecule has 0 amide bonds. The van der Waals surface area contributed by atoms with Gasteiger partial charge in [0.05, 0.1) is 19.6 Å². The number of esters is 2. The van der Waals surface area contributed by atoms with Gasteiger partial charge in [-0.1, -0.05) is 25.2 Å². The van der Waals surface area contributed by atoms with Gasteiger partial charge in [-0.15, -0.1) is 0 Å². The van der Waals surface area contributed by atoms with E-state index in [2.05, 4.69) is 0 Å². The molecule has 0 radical (unpaired) electrons. The van der Waals surface area contributed by atoms with Gasteiger partial charge in [0.25, 0.3) is 0 Å². The Morgan fingerprint density at radius 2 is 1.62 bits per heavy atom. The van der Waals surface area contributed by atoms with E-state index in [-0.39, 0.29) is 6.42 Å². The molecule has 0 saturated heterocycles. The van der Waals surface area contributed by atoms with Gasteiger partial charge >= 0.3 is 11.9 Å². The Bertz CT molecular complexity index is 369. The second-order valence-electron chi connectivity index (χ2n) is 4.00. The van der Waals surface area contributed by atoms with Gasteiger partial charge in [-0.2, -0.15) is 0 Å². The smallest absolute Gasteiger partial charge is 0.320 e. The quantitative estimate of drug-likeness (QED) is 0.412. The second kappa shape index (κ2) is 11.4. The highest BCUT2D eigenvalue weighted by atomic mass is 32.9. The molecular weight excluding hydrogens is 335 g/mol. The zero-order valence-electron chi connectivity index (χ0n) is 12.8. The SMILES string of the molecule is CCCOC(=O)CC(SP(=S)(OC)OC)C(=O)OCCC. The van der Waals surface area contributed by atoms with Crippen LogP contribution in [0.5, 0.6) is 0 Å². The number of carbonyl (C=O) groups is 2. The number of hydrogen-bond donors (Lipinski definition) is 0. The molecule has 0 aromatic carbocycles. The molecule has 0 aliphatic heterocycles. The monoisotopic (exact) mass is 358 g/mol. The van der Waals surface area contributed by atoms with E-state index in [1.54, 1.807) is 0 Å². The molecule has 0 aromatic rings. The molecule has 124 valence electrons. The van der Waals surface area contributed by atoms with E-state index < -0.39 is 22.9 Å². The largest absolute Gasteiger partial charge is 0.466 e. The van der Waals surface area contributed by atoms with Crippen LogP contribution in [-0.4, -0.2) is 44.6 Å². The third-order valence-corrected chi connectivity index (χ3v) is 8.10. The molecule has 21 heavy (non-hydrogen) atoms. The second-order valence-corrected chi connectivity index (χ2v) is 10.6. The van der Waals surface area contributed by atoms with Crippen LogP contribution in [0.25, 0.3) is 0 Å². The van der Waals surface area contributed by atoms with Crippen LogP contribution in [0.15, 0.2) is 0 Å². The van der Waals surface area contributed by atoms with Crippen LogP contribution >= 0.6 is 17.1 Å². The molecule has 6 nitrogen and oxygen atoms in total. The molecule has 0 N–H and O–H groups in total. The van der Waals surface area contributed by atoms with Crippen LogP contribution in [0, 0.1) is 0 Å². The van der Waals surface area contributed by atoms with E-state index in [1.165, 1.54) is 14.2 Å². The van der Waals surface area contributed by atoms with E-state index in [1.807, 2.05) is 13.8 Å². The van der Waals surface area contributed by atoms with Crippen LogP contribution in [0.2, 0.25) is 0 Å². The third-order valence-electron chi connectivity index (χ3n) is 2.23. The van der Waals surface area contributed by atoms with Crippen molar-refractivity contribution < 1.29 is 28.1 Å². The lowest BCUT2D eigenvalue weighted by molar-refractivity contribution is -0.149. The van der Waals surface area contributed by atoms with Crippen molar-refractivity contribution in [1.82, 2.24) is 0 Å². The summed E-state index contributed by atoms with van der Waals surface area (Å²) >= 11 is 6.24. The Hall–Kier alpha value is -0.140. The fourth-order valence-corrected chi connectivity index (χ4v) is 5.07. The molecule has 0 aromatic heterocycles. The van der Waals surface area contributed by atoms with Gasteiger partial charge in [0.2, 0.25) is 5.69 Å². The first-order valence-electron chi connectivity index (χ1n) is 6.64. The van der Waals surface area contributed by atoms with Crippen LogP contribution in [0.3, 0.4) is 0 Å². The summed E-state index contributed by atoms with van der Waals surface area (Å²) in [6.07, 6.45) is 1.31. The van der Waals surface area contributed by atoms with Crippen molar-refractivity contribution in [3.63, 3.8) is 0 Å². The lowest BCUT2D eigenvalue weighted by Crippen LogP contribution is -2.25. The average Bonchev–Trinajstić information content (AvgIpc) is 2.49. The van der Waals surface area contributed by atoms with E-state index >= 15 is 0 Å². The summed E-state index contributed by atoms with van der Waals surface area (Å²) in [5.74, 6) is -0.963. The van der Waals surface area contributed by atoms with E-state index in [0.717, 1.165) is 17.8 Å². The van der Waals surface area contributed by atoms with Gasteiger partial charge in [-0.25, -0.2) is 0 Å². The predicted molar refractivity (Wildman–Crippen MR) is 86.8 cm³/mol. The highest BCUT2D eigenvalue weighted by Crippen LogP contribution is 2.62. The highest BCUT2D eigenvalue weighted by molar-refractivity contribution is 8.68. The lowest BCUT2D eigenvalue weighted by Gasteiger charge is -2.22.